The third-order valence-corrected chi connectivity index (χ3v) is 8.29. The number of halogens is 3. The number of methoxy groups -OCH3 is 1. The summed E-state index contributed by atoms with van der Waals surface area (Å²) in [5.74, 6) is -2.20. The summed E-state index contributed by atoms with van der Waals surface area (Å²) in [6, 6.07) is 11.7. The topological polar surface area (TPSA) is 97.1 Å². The van der Waals surface area contributed by atoms with Crippen LogP contribution in [0.25, 0.3) is 11.3 Å². The van der Waals surface area contributed by atoms with Crippen LogP contribution in [0.2, 0.25) is 0 Å². The predicted molar refractivity (Wildman–Crippen MR) is 171 cm³/mol. The highest BCUT2D eigenvalue weighted by Crippen LogP contribution is 2.43. The summed E-state index contributed by atoms with van der Waals surface area (Å²) in [6.45, 7) is 8.35. The van der Waals surface area contributed by atoms with E-state index in [1.165, 1.54) is 16.9 Å². The standard InChI is InChI=1S/C35H45F3N4O5/c1-34(2,3)47-33(45)41-18-24(28(38)20-41)19-42(30(44)22-46-6)31(35(4,5)14-15-43)32-39-29(26-16-25(36)12-13-27(26)37)21-40(32)17-23-10-8-7-9-11-23/h7-13,16,21,24,28,31,43H,14-15,17-20,22H2,1-6H3. The zero-order chi connectivity index (χ0) is 34.5. The van der Waals surface area contributed by atoms with E-state index in [-0.39, 0.29) is 57.1 Å². The molecule has 4 rings (SSSR count). The molecule has 1 saturated heterocycles. The van der Waals surface area contributed by atoms with Crippen LogP contribution in [0, 0.1) is 23.0 Å². The number of hydrogen-bond donors (Lipinski definition) is 1. The lowest BCUT2D eigenvalue weighted by Gasteiger charge is -2.43. The molecule has 256 valence electrons. The SMILES string of the molecule is COCC(=O)N(CC1CN(C(=O)OC(C)(C)C)CC1F)C(c1nc(-c2cc(F)ccc2F)cn1Cc1ccccc1)C(C)(C)CCO. The Hall–Kier alpha value is -3.90. The van der Waals surface area contributed by atoms with Gasteiger partial charge in [0.2, 0.25) is 5.91 Å². The fourth-order valence-corrected chi connectivity index (χ4v) is 6.00. The zero-order valence-corrected chi connectivity index (χ0v) is 27.9. The quantitative estimate of drug-likeness (QED) is 0.256. The number of imidazole rings is 1. The molecule has 0 spiro atoms. The van der Waals surface area contributed by atoms with Crippen LogP contribution < -0.4 is 0 Å². The van der Waals surface area contributed by atoms with Gasteiger partial charge in [-0.05, 0) is 56.4 Å². The average Bonchev–Trinajstić information content (AvgIpc) is 3.56. The second kappa shape index (κ2) is 14.9. The Morgan fingerprint density at radius 2 is 1.79 bits per heavy atom. The number of ether oxygens (including phenoxy) is 2. The molecule has 0 aliphatic carbocycles. The molecular weight excluding hydrogens is 613 g/mol. The number of benzene rings is 2. The monoisotopic (exact) mass is 658 g/mol. The average molecular weight is 659 g/mol. The molecule has 0 radical (unpaired) electrons. The number of carbonyl (C=O) groups is 2. The molecule has 9 nitrogen and oxygen atoms in total. The van der Waals surface area contributed by atoms with Crippen molar-refractivity contribution >= 4 is 12.0 Å². The second-order valence-corrected chi connectivity index (χ2v) is 13.7. The molecule has 0 saturated carbocycles. The molecule has 1 aromatic heterocycles. The van der Waals surface area contributed by atoms with E-state index in [1.54, 1.807) is 31.5 Å². The smallest absolute Gasteiger partial charge is 0.410 e. The highest BCUT2D eigenvalue weighted by atomic mass is 19.1. The number of rotatable bonds is 12. The van der Waals surface area contributed by atoms with Crippen molar-refractivity contribution in [1.82, 2.24) is 19.4 Å². The Labute approximate surface area is 274 Å². The van der Waals surface area contributed by atoms with Crippen molar-refractivity contribution in [3.8, 4) is 11.3 Å². The summed E-state index contributed by atoms with van der Waals surface area (Å²) < 4.78 is 57.6. The molecule has 1 N–H and O–H groups in total. The third kappa shape index (κ3) is 8.92. The van der Waals surface area contributed by atoms with Crippen molar-refractivity contribution in [2.75, 3.05) is 40.0 Å². The van der Waals surface area contributed by atoms with Gasteiger partial charge in [0.1, 0.15) is 35.8 Å². The number of aromatic nitrogens is 2. The molecule has 12 heteroatoms. The number of aliphatic hydroxyl groups excluding tert-OH is 1. The van der Waals surface area contributed by atoms with Gasteiger partial charge in [0.05, 0.1) is 18.3 Å². The van der Waals surface area contributed by atoms with Gasteiger partial charge in [0.15, 0.2) is 0 Å². The van der Waals surface area contributed by atoms with E-state index >= 15 is 8.78 Å². The van der Waals surface area contributed by atoms with Crippen LogP contribution in [-0.2, 0) is 20.8 Å². The maximum absolute atomic E-state index is 15.7. The first kappa shape index (κ1) is 35.9. The molecule has 1 aliphatic rings. The summed E-state index contributed by atoms with van der Waals surface area (Å²) in [5.41, 5.74) is -0.643. The van der Waals surface area contributed by atoms with Crippen LogP contribution in [0.5, 0.6) is 0 Å². The van der Waals surface area contributed by atoms with Crippen LogP contribution >= 0.6 is 0 Å². The Morgan fingerprint density at radius 3 is 2.43 bits per heavy atom. The van der Waals surface area contributed by atoms with Gasteiger partial charge < -0.3 is 28.9 Å². The van der Waals surface area contributed by atoms with Crippen molar-refractivity contribution in [3.63, 3.8) is 0 Å². The van der Waals surface area contributed by atoms with E-state index in [0.29, 0.717) is 5.82 Å². The minimum atomic E-state index is -1.46. The van der Waals surface area contributed by atoms with E-state index in [9.17, 15) is 19.1 Å². The van der Waals surface area contributed by atoms with E-state index < -0.39 is 52.8 Å². The third-order valence-electron chi connectivity index (χ3n) is 8.29. The van der Waals surface area contributed by atoms with Gasteiger partial charge in [-0.25, -0.2) is 22.9 Å². The van der Waals surface area contributed by atoms with Gasteiger partial charge in [-0.2, -0.15) is 0 Å². The van der Waals surface area contributed by atoms with E-state index in [4.69, 9.17) is 14.5 Å². The zero-order valence-electron chi connectivity index (χ0n) is 27.9. The minimum Gasteiger partial charge on any atom is -0.444 e. The van der Waals surface area contributed by atoms with E-state index in [2.05, 4.69) is 0 Å². The Balaban J connectivity index is 1.84. The van der Waals surface area contributed by atoms with Gasteiger partial charge in [-0.3, -0.25) is 4.79 Å². The molecule has 1 aliphatic heterocycles. The number of likely N-dealkylation sites (tertiary alicyclic amines) is 1. The molecular formula is C35H45F3N4O5. The molecule has 0 bridgehead atoms. The molecule has 3 unspecified atom stereocenters. The molecule has 2 amide bonds. The van der Waals surface area contributed by atoms with Crippen molar-refractivity contribution < 1.29 is 37.3 Å². The predicted octanol–water partition coefficient (Wildman–Crippen LogP) is 6.01. The lowest BCUT2D eigenvalue weighted by molar-refractivity contribution is -0.142. The fraction of sp³-hybridized carbons (Fsp3) is 0.514. The normalized spacial score (nSPS) is 17.5. The molecule has 2 aromatic carbocycles. The van der Waals surface area contributed by atoms with Gasteiger partial charge in [0, 0.05) is 51.0 Å². The van der Waals surface area contributed by atoms with Crippen LogP contribution in [0.4, 0.5) is 18.0 Å². The van der Waals surface area contributed by atoms with Crippen molar-refractivity contribution in [2.45, 2.75) is 65.4 Å². The summed E-state index contributed by atoms with van der Waals surface area (Å²) in [6.07, 6.45) is -0.263. The number of aliphatic hydroxyl groups is 1. The minimum absolute atomic E-state index is 0.0121. The Morgan fingerprint density at radius 1 is 1.09 bits per heavy atom. The second-order valence-electron chi connectivity index (χ2n) is 13.7. The van der Waals surface area contributed by atoms with Crippen LogP contribution in [0.1, 0.15) is 58.5 Å². The number of alkyl halides is 1. The molecule has 2 heterocycles. The summed E-state index contributed by atoms with van der Waals surface area (Å²) in [7, 11) is 1.38. The highest BCUT2D eigenvalue weighted by Gasteiger charge is 2.45. The Kier molecular flexibility index (Phi) is 11.4. The lowest BCUT2D eigenvalue weighted by Crippen LogP contribution is -2.48. The lowest BCUT2D eigenvalue weighted by atomic mass is 9.79. The van der Waals surface area contributed by atoms with Gasteiger partial charge >= 0.3 is 6.09 Å². The number of hydrogen-bond acceptors (Lipinski definition) is 6. The first-order valence-electron chi connectivity index (χ1n) is 15.7. The molecule has 3 aromatic rings. The van der Waals surface area contributed by atoms with E-state index in [1.807, 2.05) is 44.2 Å². The van der Waals surface area contributed by atoms with Crippen LogP contribution in [0.3, 0.4) is 0 Å². The first-order chi connectivity index (χ1) is 22.1. The summed E-state index contributed by atoms with van der Waals surface area (Å²) in [4.78, 5) is 34.4. The van der Waals surface area contributed by atoms with Crippen LogP contribution in [-0.4, -0.2) is 88.2 Å². The maximum atomic E-state index is 15.7. The summed E-state index contributed by atoms with van der Waals surface area (Å²) >= 11 is 0. The molecule has 1 fully saturated rings. The van der Waals surface area contributed by atoms with Crippen LogP contribution in [0.15, 0.2) is 54.7 Å². The highest BCUT2D eigenvalue weighted by molar-refractivity contribution is 5.78. The number of nitrogens with zero attached hydrogens (tertiary/aromatic N) is 4. The first-order valence-corrected chi connectivity index (χ1v) is 15.7. The van der Waals surface area contributed by atoms with Gasteiger partial charge in [0.25, 0.3) is 0 Å². The van der Waals surface area contributed by atoms with Crippen molar-refractivity contribution in [3.05, 3.63) is 77.8 Å². The van der Waals surface area contributed by atoms with Crippen molar-refractivity contribution in [1.29, 1.82) is 0 Å². The van der Waals surface area contributed by atoms with Gasteiger partial charge in [-0.15, -0.1) is 0 Å². The fourth-order valence-electron chi connectivity index (χ4n) is 6.00. The van der Waals surface area contributed by atoms with Crippen molar-refractivity contribution in [2.24, 2.45) is 11.3 Å². The Bertz CT molecular complexity index is 1530. The number of carbonyl (C=O) groups excluding carboxylic acids is 2. The summed E-state index contributed by atoms with van der Waals surface area (Å²) in [5, 5.41) is 10.1. The van der Waals surface area contributed by atoms with E-state index in [0.717, 1.165) is 23.8 Å². The van der Waals surface area contributed by atoms with Gasteiger partial charge in [-0.1, -0.05) is 44.2 Å². The number of amides is 2. The molecule has 3 atom stereocenters. The molecule has 47 heavy (non-hydrogen) atoms. The largest absolute Gasteiger partial charge is 0.444 e. The maximum Gasteiger partial charge on any atom is 0.410 e.